The summed E-state index contributed by atoms with van der Waals surface area (Å²) < 4.78 is 0.893. The molecule has 1 aromatic heterocycles. The minimum absolute atomic E-state index is 0.126. The summed E-state index contributed by atoms with van der Waals surface area (Å²) in [4.78, 5) is 15.0. The standard InChI is InChI=1S/C11H15BrN2OS/c1-7-6-8(13)2-4-14(7)11(15)10-9(12)3-5-16-10/h3,5,7-8H,2,4,6,13H2,1H3. The second-order valence-corrected chi connectivity index (χ2v) is 6.00. The van der Waals surface area contributed by atoms with Crippen LogP contribution in [0, 0.1) is 0 Å². The molecule has 0 radical (unpaired) electrons. The zero-order valence-electron chi connectivity index (χ0n) is 9.15. The summed E-state index contributed by atoms with van der Waals surface area (Å²) in [5.41, 5.74) is 5.89. The van der Waals surface area contributed by atoms with Crippen molar-refractivity contribution in [2.24, 2.45) is 5.73 Å². The lowest BCUT2D eigenvalue weighted by atomic mass is 9.99. The monoisotopic (exact) mass is 302 g/mol. The quantitative estimate of drug-likeness (QED) is 0.866. The summed E-state index contributed by atoms with van der Waals surface area (Å²) in [6.07, 6.45) is 1.80. The molecule has 1 aromatic rings. The Morgan fingerprint density at radius 2 is 2.44 bits per heavy atom. The van der Waals surface area contributed by atoms with Gasteiger partial charge in [0.25, 0.3) is 5.91 Å². The highest BCUT2D eigenvalue weighted by Gasteiger charge is 2.29. The van der Waals surface area contributed by atoms with Gasteiger partial charge in [0.05, 0.1) is 0 Å². The second-order valence-electron chi connectivity index (χ2n) is 4.23. The van der Waals surface area contributed by atoms with Crippen LogP contribution in [0.25, 0.3) is 0 Å². The van der Waals surface area contributed by atoms with Crippen molar-refractivity contribution in [3.05, 3.63) is 20.8 Å². The molecule has 0 aliphatic carbocycles. The molecular weight excluding hydrogens is 288 g/mol. The van der Waals surface area contributed by atoms with E-state index in [2.05, 4.69) is 22.9 Å². The van der Waals surface area contributed by atoms with Gasteiger partial charge in [-0.05, 0) is 47.1 Å². The zero-order chi connectivity index (χ0) is 11.7. The fourth-order valence-corrected chi connectivity index (χ4v) is 3.58. The minimum atomic E-state index is 0.126. The zero-order valence-corrected chi connectivity index (χ0v) is 11.6. The number of halogens is 1. The van der Waals surface area contributed by atoms with Crippen molar-refractivity contribution in [2.45, 2.75) is 31.8 Å². The SMILES string of the molecule is CC1CC(N)CCN1C(=O)c1sccc1Br. The smallest absolute Gasteiger partial charge is 0.265 e. The fraction of sp³-hybridized carbons (Fsp3) is 0.545. The molecule has 0 saturated carbocycles. The van der Waals surface area contributed by atoms with Gasteiger partial charge in [0.2, 0.25) is 0 Å². The van der Waals surface area contributed by atoms with E-state index in [0.29, 0.717) is 0 Å². The first-order valence-electron chi connectivity index (χ1n) is 5.39. The molecule has 0 spiro atoms. The lowest BCUT2D eigenvalue weighted by Gasteiger charge is -2.36. The van der Waals surface area contributed by atoms with E-state index in [1.807, 2.05) is 16.3 Å². The van der Waals surface area contributed by atoms with Gasteiger partial charge in [-0.2, -0.15) is 0 Å². The van der Waals surface area contributed by atoms with Crippen molar-refractivity contribution in [1.29, 1.82) is 0 Å². The van der Waals surface area contributed by atoms with Gasteiger partial charge in [-0.25, -0.2) is 0 Å². The molecule has 1 amide bonds. The summed E-state index contributed by atoms with van der Waals surface area (Å²) >= 11 is 4.89. The predicted molar refractivity (Wildman–Crippen MR) is 69.7 cm³/mol. The fourth-order valence-electron chi connectivity index (χ4n) is 2.09. The third-order valence-electron chi connectivity index (χ3n) is 2.99. The Kier molecular flexibility index (Phi) is 3.66. The van der Waals surface area contributed by atoms with Crippen molar-refractivity contribution in [3.8, 4) is 0 Å². The number of amides is 1. The van der Waals surface area contributed by atoms with E-state index in [0.717, 1.165) is 28.7 Å². The topological polar surface area (TPSA) is 46.3 Å². The molecular formula is C11H15BrN2OS. The Balaban J connectivity index is 2.14. The van der Waals surface area contributed by atoms with E-state index in [4.69, 9.17) is 5.73 Å². The molecule has 0 aromatic carbocycles. The van der Waals surface area contributed by atoms with Crippen LogP contribution in [-0.2, 0) is 0 Å². The normalized spacial score (nSPS) is 25.8. The highest BCUT2D eigenvalue weighted by Crippen LogP contribution is 2.27. The summed E-state index contributed by atoms with van der Waals surface area (Å²) in [5.74, 6) is 0.126. The van der Waals surface area contributed by atoms with Crippen molar-refractivity contribution in [3.63, 3.8) is 0 Å². The number of thiophene rings is 1. The Bertz CT molecular complexity index is 393. The number of piperidine rings is 1. The van der Waals surface area contributed by atoms with E-state index < -0.39 is 0 Å². The van der Waals surface area contributed by atoms with Gasteiger partial charge in [-0.15, -0.1) is 11.3 Å². The molecule has 2 atom stereocenters. The third-order valence-corrected chi connectivity index (χ3v) is 4.81. The maximum atomic E-state index is 12.3. The van der Waals surface area contributed by atoms with Crippen LogP contribution in [-0.4, -0.2) is 29.4 Å². The largest absolute Gasteiger partial charge is 0.335 e. The van der Waals surface area contributed by atoms with Crippen LogP contribution in [0.2, 0.25) is 0 Å². The van der Waals surface area contributed by atoms with Gasteiger partial charge in [0.15, 0.2) is 0 Å². The highest BCUT2D eigenvalue weighted by atomic mass is 79.9. The van der Waals surface area contributed by atoms with Crippen LogP contribution in [0.3, 0.4) is 0 Å². The molecule has 2 heterocycles. The summed E-state index contributed by atoms with van der Waals surface area (Å²) in [7, 11) is 0. The van der Waals surface area contributed by atoms with Crippen molar-refractivity contribution < 1.29 is 4.79 Å². The molecule has 16 heavy (non-hydrogen) atoms. The van der Waals surface area contributed by atoms with Gasteiger partial charge >= 0.3 is 0 Å². The maximum absolute atomic E-state index is 12.3. The van der Waals surface area contributed by atoms with Gasteiger partial charge in [0.1, 0.15) is 4.88 Å². The van der Waals surface area contributed by atoms with E-state index in [9.17, 15) is 4.79 Å². The van der Waals surface area contributed by atoms with Gasteiger partial charge in [-0.3, -0.25) is 4.79 Å². The van der Waals surface area contributed by atoms with Crippen molar-refractivity contribution in [2.75, 3.05) is 6.54 Å². The van der Waals surface area contributed by atoms with E-state index in [-0.39, 0.29) is 18.0 Å². The van der Waals surface area contributed by atoms with Crippen LogP contribution in [0.15, 0.2) is 15.9 Å². The Labute approximate surface area is 108 Å². The van der Waals surface area contributed by atoms with Gasteiger partial charge in [0, 0.05) is 23.1 Å². The van der Waals surface area contributed by atoms with Gasteiger partial charge in [-0.1, -0.05) is 0 Å². The summed E-state index contributed by atoms with van der Waals surface area (Å²) in [5, 5.41) is 1.93. The first-order valence-corrected chi connectivity index (χ1v) is 7.06. The second kappa shape index (κ2) is 4.85. The molecule has 1 aliphatic rings. The maximum Gasteiger partial charge on any atom is 0.265 e. The molecule has 88 valence electrons. The van der Waals surface area contributed by atoms with Crippen LogP contribution in [0.4, 0.5) is 0 Å². The van der Waals surface area contributed by atoms with Crippen LogP contribution in [0.5, 0.6) is 0 Å². The molecule has 5 heteroatoms. The lowest BCUT2D eigenvalue weighted by Crippen LogP contribution is -2.48. The first kappa shape index (κ1) is 12.1. The van der Waals surface area contributed by atoms with Crippen LogP contribution in [0.1, 0.15) is 29.4 Å². The molecule has 3 nitrogen and oxygen atoms in total. The predicted octanol–water partition coefficient (Wildman–Crippen LogP) is 2.46. The average Bonchev–Trinajstić information content (AvgIpc) is 2.63. The Morgan fingerprint density at radius 3 is 3.00 bits per heavy atom. The van der Waals surface area contributed by atoms with Crippen molar-refractivity contribution >= 4 is 33.2 Å². The summed E-state index contributed by atoms with van der Waals surface area (Å²) in [6, 6.07) is 2.40. The average molecular weight is 303 g/mol. The minimum Gasteiger partial charge on any atom is -0.335 e. The highest BCUT2D eigenvalue weighted by molar-refractivity contribution is 9.10. The molecule has 1 aliphatic heterocycles. The summed E-state index contributed by atoms with van der Waals surface area (Å²) in [6.45, 7) is 2.84. The van der Waals surface area contributed by atoms with E-state index in [1.54, 1.807) is 0 Å². The number of rotatable bonds is 1. The number of carbonyl (C=O) groups is 1. The number of nitrogens with zero attached hydrogens (tertiary/aromatic N) is 1. The number of carbonyl (C=O) groups excluding carboxylic acids is 1. The van der Waals surface area contributed by atoms with Crippen molar-refractivity contribution in [1.82, 2.24) is 4.90 Å². The third kappa shape index (κ3) is 2.31. The molecule has 0 bridgehead atoms. The molecule has 1 fully saturated rings. The molecule has 2 unspecified atom stereocenters. The molecule has 1 saturated heterocycles. The van der Waals surface area contributed by atoms with E-state index >= 15 is 0 Å². The number of hydrogen-bond acceptors (Lipinski definition) is 3. The molecule has 2 N–H and O–H groups in total. The molecule has 2 rings (SSSR count). The number of hydrogen-bond donors (Lipinski definition) is 1. The van der Waals surface area contributed by atoms with Crippen LogP contribution >= 0.6 is 27.3 Å². The number of nitrogens with two attached hydrogens (primary N) is 1. The van der Waals surface area contributed by atoms with Crippen LogP contribution < -0.4 is 5.73 Å². The van der Waals surface area contributed by atoms with Gasteiger partial charge < -0.3 is 10.6 Å². The Hall–Kier alpha value is -0.390. The Morgan fingerprint density at radius 1 is 1.69 bits per heavy atom. The van der Waals surface area contributed by atoms with E-state index in [1.165, 1.54) is 11.3 Å². The first-order chi connectivity index (χ1) is 7.59. The lowest BCUT2D eigenvalue weighted by molar-refractivity contribution is 0.0623. The number of likely N-dealkylation sites (tertiary alicyclic amines) is 1.